The number of aromatic amines is 1. The van der Waals surface area contributed by atoms with Gasteiger partial charge in [-0.15, -0.1) is 10.2 Å². The number of Topliss-reactive ketones (excluding diaryl/α,β-unsaturated/α-hetero) is 2. The van der Waals surface area contributed by atoms with E-state index in [0.717, 1.165) is 0 Å². The van der Waals surface area contributed by atoms with E-state index in [2.05, 4.69) is 41.9 Å². The van der Waals surface area contributed by atoms with E-state index in [1.165, 1.54) is 21.3 Å². The lowest BCUT2D eigenvalue weighted by molar-refractivity contribution is -0.117. The maximum absolute atomic E-state index is 13.8. The van der Waals surface area contributed by atoms with Crippen molar-refractivity contribution < 1.29 is 37.5 Å². The summed E-state index contributed by atoms with van der Waals surface area (Å²) in [7, 11) is 3.21. The Morgan fingerprint density at radius 2 is 1.16 bits per heavy atom. The van der Waals surface area contributed by atoms with Gasteiger partial charge in [-0.1, -0.05) is 17.3 Å². The number of hydrogen-bond acceptors (Lipinski definition) is 10. The van der Waals surface area contributed by atoms with Crippen LogP contribution in [-0.4, -0.2) is 71.5 Å². The molecule has 0 radical (unpaired) electrons. The number of nitrogens with zero attached hydrogens (tertiary/aromatic N) is 6. The van der Waals surface area contributed by atoms with Gasteiger partial charge in [0.25, 0.3) is 35.2 Å². The number of carbonyl (C=O) groups excluding carboxylic acids is 6. The number of carbonyl (C=O) groups is 6. The van der Waals surface area contributed by atoms with E-state index < -0.39 is 46.8 Å². The molecule has 4 amide bonds. The van der Waals surface area contributed by atoms with Gasteiger partial charge < -0.3 is 30.4 Å². The Morgan fingerprint density at radius 1 is 0.719 bits per heavy atom. The number of rotatable bonds is 11. The molecule has 57 heavy (non-hydrogen) atoms. The molecular formula is C38H39F2N11O6. The van der Waals surface area contributed by atoms with Gasteiger partial charge in [0.05, 0.1) is 23.7 Å². The number of amides is 4. The monoisotopic (exact) mass is 783 g/mol. The first kappa shape index (κ1) is 42.4. The zero-order chi connectivity index (χ0) is 42.3. The Morgan fingerprint density at radius 3 is 1.54 bits per heavy atom. The van der Waals surface area contributed by atoms with Crippen LogP contribution >= 0.6 is 0 Å². The lowest BCUT2D eigenvalue weighted by Crippen LogP contribution is -2.31. The summed E-state index contributed by atoms with van der Waals surface area (Å²) in [6, 6.07) is 10.4. The quantitative estimate of drug-likeness (QED) is 0.0742. The predicted octanol–water partition coefficient (Wildman–Crippen LogP) is 3.52. The van der Waals surface area contributed by atoms with Crippen molar-refractivity contribution in [3.8, 4) is 6.07 Å². The predicted molar refractivity (Wildman–Crippen MR) is 201 cm³/mol. The van der Waals surface area contributed by atoms with Crippen LogP contribution in [0.2, 0.25) is 0 Å². The summed E-state index contributed by atoms with van der Waals surface area (Å²) in [5.74, 6) is -5.10. The molecule has 0 aliphatic rings. The first-order valence-electron chi connectivity index (χ1n) is 17.1. The maximum Gasteiger partial charge on any atom is 0.293 e. The zero-order valence-corrected chi connectivity index (χ0v) is 32.3. The number of nitrogens with one attached hydrogen (secondary N) is 5. The van der Waals surface area contributed by atoms with Gasteiger partial charge in [0.2, 0.25) is 0 Å². The molecule has 2 aromatic carbocycles. The lowest BCUT2D eigenvalue weighted by Gasteiger charge is -2.09. The van der Waals surface area contributed by atoms with Crippen molar-refractivity contribution in [2.75, 3.05) is 17.2 Å². The normalized spacial score (nSPS) is 10.5. The van der Waals surface area contributed by atoms with Gasteiger partial charge in [0, 0.05) is 36.9 Å². The van der Waals surface area contributed by atoms with Crippen LogP contribution in [0.15, 0.2) is 36.4 Å². The molecule has 5 rings (SSSR count). The number of tetrazole rings is 1. The molecule has 0 aliphatic carbocycles. The summed E-state index contributed by atoms with van der Waals surface area (Å²) in [6.45, 7) is 9.25. The van der Waals surface area contributed by atoms with Crippen molar-refractivity contribution in [2.24, 2.45) is 14.1 Å². The zero-order valence-electron chi connectivity index (χ0n) is 32.3. The number of anilines is 2. The van der Waals surface area contributed by atoms with Crippen LogP contribution in [0, 0.1) is 64.5 Å². The molecular weight excluding hydrogens is 744 g/mol. The van der Waals surface area contributed by atoms with Crippen LogP contribution in [-0.2, 0) is 30.2 Å². The van der Waals surface area contributed by atoms with Crippen LogP contribution < -0.4 is 21.3 Å². The second kappa shape index (κ2) is 17.9. The van der Waals surface area contributed by atoms with E-state index in [0.29, 0.717) is 33.6 Å². The molecule has 296 valence electrons. The largest absolute Gasteiger partial charge is 0.343 e. The summed E-state index contributed by atoms with van der Waals surface area (Å²) in [6.07, 6.45) is 0. The van der Waals surface area contributed by atoms with Crippen molar-refractivity contribution in [3.63, 3.8) is 0 Å². The molecule has 0 aliphatic heterocycles. The van der Waals surface area contributed by atoms with Crippen molar-refractivity contribution in [2.45, 2.75) is 48.1 Å². The molecule has 0 unspecified atom stereocenters. The van der Waals surface area contributed by atoms with E-state index >= 15 is 0 Å². The Balaban J connectivity index is 0.000000254. The average Bonchev–Trinajstić information content (AvgIpc) is 3.83. The lowest BCUT2D eigenvalue weighted by atomic mass is 10.0. The van der Waals surface area contributed by atoms with E-state index in [-0.39, 0.29) is 52.8 Å². The van der Waals surface area contributed by atoms with E-state index in [4.69, 9.17) is 5.26 Å². The molecule has 5 aromatic rings. The number of hydrogen-bond donors (Lipinski definition) is 5. The average molecular weight is 784 g/mol. The van der Waals surface area contributed by atoms with Gasteiger partial charge >= 0.3 is 0 Å². The summed E-state index contributed by atoms with van der Waals surface area (Å²) >= 11 is 0. The van der Waals surface area contributed by atoms with E-state index in [9.17, 15) is 37.5 Å². The van der Waals surface area contributed by atoms with Crippen LogP contribution in [0.5, 0.6) is 0 Å². The minimum atomic E-state index is -0.916. The second-order valence-electron chi connectivity index (χ2n) is 12.8. The summed E-state index contributed by atoms with van der Waals surface area (Å²) < 4.78 is 30.5. The molecule has 19 heteroatoms. The molecule has 0 bridgehead atoms. The summed E-state index contributed by atoms with van der Waals surface area (Å²) in [4.78, 5) is 74.8. The molecule has 3 heterocycles. The maximum atomic E-state index is 13.8. The standard InChI is InChI=1S/C19H20FN7O3.C19H19FN4O3/c1-9-5-6-12(7-13(9)20)22-18(29)16-10(2)15(11(3)27(16)4)17(28)19(30)21-8-14-23-25-26-24-14;1-10-5-6-13(9-14(10)20)23-18(26)16-11(2)15(12(3)24(16)4)17(25)19(27)22-8-7-21/h5-7H,8H2,1-4H3,(H,21,30)(H,22,29)(H,23,24,25,26);5-6,9H,8H2,1-4H3,(H,22,27)(H,23,26). The minimum Gasteiger partial charge on any atom is -0.343 e. The van der Waals surface area contributed by atoms with Gasteiger partial charge in [-0.05, 0) is 88.1 Å². The minimum absolute atomic E-state index is 0.0711. The van der Waals surface area contributed by atoms with Crippen LogP contribution in [0.1, 0.15) is 81.2 Å². The fourth-order valence-corrected chi connectivity index (χ4v) is 5.91. The smallest absolute Gasteiger partial charge is 0.293 e. The van der Waals surface area contributed by atoms with Gasteiger partial charge in [-0.2, -0.15) is 10.5 Å². The Labute approximate surface area is 324 Å². The van der Waals surface area contributed by atoms with Gasteiger partial charge in [-0.3, -0.25) is 28.8 Å². The summed E-state index contributed by atoms with van der Waals surface area (Å²) in [5.41, 5.74) is 3.65. The number of aromatic nitrogens is 6. The van der Waals surface area contributed by atoms with Gasteiger partial charge in [0.1, 0.15) is 29.6 Å². The molecule has 0 saturated carbocycles. The highest BCUT2D eigenvalue weighted by Crippen LogP contribution is 2.25. The fourth-order valence-electron chi connectivity index (χ4n) is 5.91. The van der Waals surface area contributed by atoms with Crippen molar-refractivity contribution in [1.82, 2.24) is 40.4 Å². The first-order chi connectivity index (χ1) is 26.9. The number of nitriles is 1. The highest BCUT2D eigenvalue weighted by molar-refractivity contribution is 6.44. The molecule has 0 spiro atoms. The Bertz CT molecular complexity index is 2460. The van der Waals surface area contributed by atoms with Crippen LogP contribution in [0.25, 0.3) is 0 Å². The highest BCUT2D eigenvalue weighted by Gasteiger charge is 2.30. The Kier molecular flexibility index (Phi) is 13.3. The van der Waals surface area contributed by atoms with Crippen molar-refractivity contribution in [3.05, 3.63) is 110 Å². The molecule has 5 N–H and O–H groups in total. The fraction of sp³-hybridized carbons (Fsp3) is 0.263. The molecule has 0 fully saturated rings. The topological polar surface area (TPSA) is 239 Å². The van der Waals surface area contributed by atoms with Crippen LogP contribution in [0.3, 0.4) is 0 Å². The third-order valence-electron chi connectivity index (χ3n) is 9.14. The summed E-state index contributed by atoms with van der Waals surface area (Å²) in [5, 5.41) is 31.3. The first-order valence-corrected chi connectivity index (χ1v) is 17.1. The van der Waals surface area contributed by atoms with E-state index in [1.807, 2.05) is 0 Å². The van der Waals surface area contributed by atoms with Gasteiger partial charge in [-0.25, -0.2) is 8.78 Å². The number of halogens is 2. The Hall–Kier alpha value is -7.36. The third-order valence-corrected chi connectivity index (χ3v) is 9.14. The molecule has 17 nitrogen and oxygen atoms in total. The van der Waals surface area contributed by atoms with Crippen molar-refractivity contribution in [1.29, 1.82) is 5.26 Å². The van der Waals surface area contributed by atoms with E-state index in [1.54, 1.807) is 86.0 Å². The molecule has 0 saturated heterocycles. The number of ketones is 2. The molecule has 3 aromatic heterocycles. The SMILES string of the molecule is Cc1ccc(NC(=O)c2c(C)c(C(=O)C(=O)NCC#N)c(C)n2C)cc1F.Cc1ccc(NC(=O)c2c(C)c(C(=O)C(=O)NCc3nn[nH]n3)c(C)n2C)cc1F. The van der Waals surface area contributed by atoms with Crippen molar-refractivity contribution >= 4 is 46.6 Å². The van der Waals surface area contributed by atoms with Crippen LogP contribution in [0.4, 0.5) is 20.2 Å². The third kappa shape index (κ3) is 9.30. The highest BCUT2D eigenvalue weighted by atomic mass is 19.1. The molecule has 0 atom stereocenters. The number of benzene rings is 2. The number of H-pyrrole nitrogens is 1. The van der Waals surface area contributed by atoms with Gasteiger partial charge in [0.15, 0.2) is 5.82 Å². The number of aryl methyl sites for hydroxylation is 2. The second-order valence-corrected chi connectivity index (χ2v) is 12.8.